The predicted octanol–water partition coefficient (Wildman–Crippen LogP) is 3.84. The van der Waals surface area contributed by atoms with Crippen LogP contribution in [0.1, 0.15) is 46.5 Å². The number of allylic oxidation sites excluding steroid dienone is 4. The Morgan fingerprint density at radius 2 is 2.18 bits per heavy atom. The average molecular weight is 150 g/mol. The van der Waals surface area contributed by atoms with Gasteiger partial charge in [0.05, 0.1) is 0 Å². The minimum Gasteiger partial charge on any atom is -0.0815 e. The van der Waals surface area contributed by atoms with Gasteiger partial charge in [-0.1, -0.05) is 29.7 Å². The van der Waals surface area contributed by atoms with E-state index in [0.717, 1.165) is 0 Å². The lowest BCUT2D eigenvalue weighted by molar-refractivity contribution is 0.821. The van der Waals surface area contributed by atoms with E-state index in [1.54, 1.807) is 16.7 Å². The van der Waals surface area contributed by atoms with Crippen molar-refractivity contribution in [2.45, 2.75) is 46.5 Å². The fourth-order valence-corrected chi connectivity index (χ4v) is 1.49. The van der Waals surface area contributed by atoms with Crippen molar-refractivity contribution >= 4 is 0 Å². The van der Waals surface area contributed by atoms with Crippen LogP contribution in [0, 0.1) is 0 Å². The zero-order valence-electron chi connectivity index (χ0n) is 7.91. The van der Waals surface area contributed by atoms with Crippen LogP contribution in [0.25, 0.3) is 0 Å². The van der Waals surface area contributed by atoms with Crippen molar-refractivity contribution in [2.24, 2.45) is 0 Å². The smallest absolute Gasteiger partial charge is 0.0134 e. The van der Waals surface area contributed by atoms with Crippen molar-refractivity contribution in [3.05, 3.63) is 22.8 Å². The second-order valence-electron chi connectivity index (χ2n) is 3.49. The van der Waals surface area contributed by atoms with Crippen LogP contribution in [-0.2, 0) is 0 Å². The minimum atomic E-state index is 1.21. The molecule has 0 amide bonds. The molecule has 1 aliphatic rings. The molecule has 0 saturated heterocycles. The van der Waals surface area contributed by atoms with Crippen molar-refractivity contribution in [2.75, 3.05) is 0 Å². The molecule has 11 heavy (non-hydrogen) atoms. The van der Waals surface area contributed by atoms with Crippen molar-refractivity contribution in [1.82, 2.24) is 0 Å². The van der Waals surface area contributed by atoms with Crippen LogP contribution in [0.2, 0.25) is 0 Å². The highest BCUT2D eigenvalue weighted by Gasteiger charge is 2.05. The molecule has 0 aliphatic heterocycles. The molecule has 0 radical (unpaired) electrons. The molecular formula is C11H18. The maximum atomic E-state index is 2.37. The standard InChI is InChI=1S/C11H18/c1-4-10(3)11-7-5-9(2)6-8-11/h5H,4,6-8H2,1-3H3. The molecule has 0 heterocycles. The molecule has 0 aromatic carbocycles. The summed E-state index contributed by atoms with van der Waals surface area (Å²) in [5.74, 6) is 0. The van der Waals surface area contributed by atoms with Gasteiger partial charge in [0, 0.05) is 0 Å². The van der Waals surface area contributed by atoms with Crippen molar-refractivity contribution in [3.8, 4) is 0 Å². The lowest BCUT2D eigenvalue weighted by Crippen LogP contribution is -1.95. The molecule has 0 fully saturated rings. The largest absolute Gasteiger partial charge is 0.0815 e. The van der Waals surface area contributed by atoms with Crippen molar-refractivity contribution in [3.63, 3.8) is 0 Å². The van der Waals surface area contributed by atoms with Gasteiger partial charge in [-0.3, -0.25) is 0 Å². The van der Waals surface area contributed by atoms with E-state index in [1.807, 2.05) is 0 Å². The Balaban J connectivity index is 2.66. The Kier molecular flexibility index (Phi) is 2.92. The van der Waals surface area contributed by atoms with E-state index < -0.39 is 0 Å². The van der Waals surface area contributed by atoms with Crippen LogP contribution in [0.4, 0.5) is 0 Å². The first-order chi connectivity index (χ1) is 5.24. The molecule has 1 rings (SSSR count). The predicted molar refractivity (Wildman–Crippen MR) is 50.6 cm³/mol. The second kappa shape index (κ2) is 3.75. The monoisotopic (exact) mass is 150 g/mol. The lowest BCUT2D eigenvalue weighted by atomic mass is 9.92. The molecule has 62 valence electrons. The minimum absolute atomic E-state index is 1.21. The first-order valence-corrected chi connectivity index (χ1v) is 4.57. The fraction of sp³-hybridized carbons (Fsp3) is 0.636. The number of hydrogen-bond acceptors (Lipinski definition) is 0. The van der Waals surface area contributed by atoms with Crippen LogP contribution < -0.4 is 0 Å². The van der Waals surface area contributed by atoms with Crippen LogP contribution in [0.3, 0.4) is 0 Å². The molecule has 0 N–H and O–H groups in total. The maximum absolute atomic E-state index is 2.37. The third kappa shape index (κ3) is 2.21. The summed E-state index contributed by atoms with van der Waals surface area (Å²) >= 11 is 0. The lowest BCUT2D eigenvalue weighted by Gasteiger charge is -2.15. The summed E-state index contributed by atoms with van der Waals surface area (Å²) < 4.78 is 0. The summed E-state index contributed by atoms with van der Waals surface area (Å²) in [4.78, 5) is 0. The Labute approximate surface area is 70.0 Å². The van der Waals surface area contributed by atoms with Gasteiger partial charge in [0.2, 0.25) is 0 Å². The summed E-state index contributed by atoms with van der Waals surface area (Å²) in [5, 5.41) is 0. The van der Waals surface area contributed by atoms with Crippen LogP contribution in [-0.4, -0.2) is 0 Å². The molecule has 0 atom stereocenters. The Morgan fingerprint density at radius 3 is 2.64 bits per heavy atom. The second-order valence-corrected chi connectivity index (χ2v) is 3.49. The van der Waals surface area contributed by atoms with Crippen LogP contribution in [0.5, 0.6) is 0 Å². The zero-order chi connectivity index (χ0) is 8.27. The summed E-state index contributed by atoms with van der Waals surface area (Å²) in [7, 11) is 0. The van der Waals surface area contributed by atoms with Crippen molar-refractivity contribution in [1.29, 1.82) is 0 Å². The third-order valence-electron chi connectivity index (χ3n) is 2.65. The Morgan fingerprint density at radius 1 is 1.45 bits per heavy atom. The van der Waals surface area contributed by atoms with Gasteiger partial charge in [-0.15, -0.1) is 0 Å². The highest BCUT2D eigenvalue weighted by atomic mass is 14.1. The highest BCUT2D eigenvalue weighted by Crippen LogP contribution is 2.25. The van der Waals surface area contributed by atoms with E-state index in [1.165, 1.54) is 25.7 Å². The van der Waals surface area contributed by atoms with Gasteiger partial charge in [-0.05, 0) is 39.5 Å². The van der Waals surface area contributed by atoms with Crippen molar-refractivity contribution < 1.29 is 0 Å². The molecule has 0 heteroatoms. The quantitative estimate of drug-likeness (QED) is 0.498. The Hall–Kier alpha value is -0.520. The van der Waals surface area contributed by atoms with Gasteiger partial charge in [0.25, 0.3) is 0 Å². The molecular weight excluding hydrogens is 132 g/mol. The molecule has 0 unspecified atom stereocenters. The van der Waals surface area contributed by atoms with E-state index in [2.05, 4.69) is 26.8 Å². The molecule has 1 aliphatic carbocycles. The molecule has 0 aromatic heterocycles. The van der Waals surface area contributed by atoms with E-state index >= 15 is 0 Å². The summed E-state index contributed by atoms with van der Waals surface area (Å²) in [6, 6.07) is 0. The van der Waals surface area contributed by atoms with Gasteiger partial charge in [0.15, 0.2) is 0 Å². The van der Waals surface area contributed by atoms with Gasteiger partial charge in [-0.2, -0.15) is 0 Å². The zero-order valence-corrected chi connectivity index (χ0v) is 7.91. The van der Waals surface area contributed by atoms with E-state index in [9.17, 15) is 0 Å². The van der Waals surface area contributed by atoms with Gasteiger partial charge >= 0.3 is 0 Å². The van der Waals surface area contributed by atoms with E-state index in [0.29, 0.717) is 0 Å². The van der Waals surface area contributed by atoms with Gasteiger partial charge in [0.1, 0.15) is 0 Å². The van der Waals surface area contributed by atoms with Gasteiger partial charge in [-0.25, -0.2) is 0 Å². The Bertz CT molecular complexity index is 194. The van der Waals surface area contributed by atoms with Crippen LogP contribution in [0.15, 0.2) is 22.8 Å². The molecule has 0 bridgehead atoms. The molecule has 0 nitrogen and oxygen atoms in total. The topological polar surface area (TPSA) is 0 Å². The molecule has 0 spiro atoms. The maximum Gasteiger partial charge on any atom is -0.0134 e. The average Bonchev–Trinajstić information content (AvgIpc) is 2.05. The third-order valence-corrected chi connectivity index (χ3v) is 2.65. The number of hydrogen-bond donors (Lipinski definition) is 0. The molecule has 0 aromatic rings. The van der Waals surface area contributed by atoms with Crippen LogP contribution >= 0.6 is 0 Å². The SMILES string of the molecule is CCC(C)=C1CC=C(C)CC1. The summed E-state index contributed by atoms with van der Waals surface area (Å²) in [6.45, 7) is 6.75. The number of rotatable bonds is 1. The highest BCUT2D eigenvalue weighted by molar-refractivity contribution is 5.22. The first-order valence-electron chi connectivity index (χ1n) is 4.57. The van der Waals surface area contributed by atoms with E-state index in [-0.39, 0.29) is 0 Å². The molecule has 0 saturated carbocycles. The van der Waals surface area contributed by atoms with Gasteiger partial charge < -0.3 is 0 Å². The fourth-order valence-electron chi connectivity index (χ4n) is 1.49. The first kappa shape index (κ1) is 8.58. The summed E-state index contributed by atoms with van der Waals surface area (Å²) in [6.07, 6.45) is 7.40. The summed E-state index contributed by atoms with van der Waals surface area (Å²) in [5.41, 5.74) is 4.85. The van der Waals surface area contributed by atoms with E-state index in [4.69, 9.17) is 0 Å². The normalized spacial score (nSPS) is 23.0.